The van der Waals surface area contributed by atoms with Crippen LogP contribution in [0.1, 0.15) is 23.3 Å². The zero-order chi connectivity index (χ0) is 14.4. The number of halogens is 1. The number of thiophene rings is 1. The molecule has 3 unspecified atom stereocenters. The van der Waals surface area contributed by atoms with E-state index in [1.165, 1.54) is 19.5 Å². The third kappa shape index (κ3) is 2.54. The average molecular weight is 322 g/mol. The number of piperidine rings is 1. The first-order valence-electron chi connectivity index (χ1n) is 7.26. The van der Waals surface area contributed by atoms with Crippen LogP contribution in [-0.4, -0.2) is 41.5 Å². The van der Waals surface area contributed by atoms with Gasteiger partial charge in [-0.25, -0.2) is 4.98 Å². The normalized spacial score (nSPS) is 28.0. The average Bonchev–Trinajstić information content (AvgIpc) is 3.05. The van der Waals surface area contributed by atoms with Gasteiger partial charge in [0.2, 0.25) is 0 Å². The molecule has 0 aliphatic carbocycles. The molecule has 0 aromatic carbocycles. The number of hydrogen-bond acceptors (Lipinski definition) is 4. The lowest BCUT2D eigenvalue weighted by molar-refractivity contribution is 0.0904. The van der Waals surface area contributed by atoms with Gasteiger partial charge in [-0.3, -0.25) is 4.79 Å². The monoisotopic (exact) mass is 321 g/mol. The fourth-order valence-corrected chi connectivity index (χ4v) is 4.60. The molecule has 2 aromatic rings. The second-order valence-electron chi connectivity index (χ2n) is 5.95. The van der Waals surface area contributed by atoms with Gasteiger partial charge in [-0.1, -0.05) is 11.6 Å². The highest BCUT2D eigenvalue weighted by molar-refractivity contribution is 7.17. The third-order valence-electron chi connectivity index (χ3n) is 4.44. The molecule has 2 fully saturated rings. The largest absolute Gasteiger partial charge is 0.347 e. The highest BCUT2D eigenvalue weighted by Crippen LogP contribution is 2.28. The molecule has 21 heavy (non-hydrogen) atoms. The first-order chi connectivity index (χ1) is 10.2. The van der Waals surface area contributed by atoms with Crippen LogP contribution in [0.25, 0.3) is 10.1 Å². The predicted octanol–water partition coefficient (Wildman–Crippen LogP) is 2.77. The molecule has 4 heterocycles. The van der Waals surface area contributed by atoms with Crippen LogP contribution < -0.4 is 5.32 Å². The number of carbonyl (C=O) groups is 1. The van der Waals surface area contributed by atoms with Crippen molar-refractivity contribution in [1.29, 1.82) is 0 Å². The molecule has 2 aromatic heterocycles. The summed E-state index contributed by atoms with van der Waals surface area (Å²) in [7, 11) is 0. The Kier molecular flexibility index (Phi) is 3.36. The lowest BCUT2D eigenvalue weighted by atomic mass is 9.97. The number of hydrogen-bond donors (Lipinski definition) is 1. The Labute approximate surface area is 132 Å². The van der Waals surface area contributed by atoms with E-state index in [-0.39, 0.29) is 11.9 Å². The Morgan fingerprint density at radius 1 is 1.48 bits per heavy atom. The molecule has 6 heteroatoms. The minimum atomic E-state index is -0.111. The zero-order valence-electron chi connectivity index (χ0n) is 11.5. The Bertz CT molecular complexity index is 689. The van der Waals surface area contributed by atoms with Crippen LogP contribution in [0.4, 0.5) is 0 Å². The number of aromatic nitrogens is 1. The fraction of sp³-hybridized carbons (Fsp3) is 0.467. The lowest BCUT2D eigenvalue weighted by Crippen LogP contribution is -2.47. The molecule has 3 atom stereocenters. The minimum absolute atomic E-state index is 0.111. The second-order valence-corrected chi connectivity index (χ2v) is 7.26. The van der Waals surface area contributed by atoms with Gasteiger partial charge in [-0.2, -0.15) is 0 Å². The molecule has 1 N–H and O–H groups in total. The first kappa shape index (κ1) is 13.5. The van der Waals surface area contributed by atoms with Gasteiger partial charge in [0, 0.05) is 29.2 Å². The molecular weight excluding hydrogens is 306 g/mol. The van der Waals surface area contributed by atoms with Crippen molar-refractivity contribution < 1.29 is 4.79 Å². The van der Waals surface area contributed by atoms with Crippen molar-refractivity contribution in [3.63, 3.8) is 0 Å². The SMILES string of the molecule is O=C(NC1CC2CCN(C2)C1)c1cc2sccc2c(Cl)n1. The summed E-state index contributed by atoms with van der Waals surface area (Å²) in [6, 6.07) is 4.00. The molecule has 0 saturated carbocycles. The second kappa shape index (κ2) is 5.23. The predicted molar refractivity (Wildman–Crippen MR) is 85.0 cm³/mol. The Morgan fingerprint density at radius 2 is 2.38 bits per heavy atom. The summed E-state index contributed by atoms with van der Waals surface area (Å²) in [4.78, 5) is 19.1. The molecule has 4 nitrogen and oxygen atoms in total. The van der Waals surface area contributed by atoms with Crippen molar-refractivity contribution in [3.05, 3.63) is 28.4 Å². The van der Waals surface area contributed by atoms with E-state index in [4.69, 9.17) is 11.6 Å². The van der Waals surface area contributed by atoms with Gasteiger partial charge in [-0.05, 0) is 42.8 Å². The van der Waals surface area contributed by atoms with Gasteiger partial charge in [0.25, 0.3) is 5.91 Å². The van der Waals surface area contributed by atoms with Crippen LogP contribution in [0, 0.1) is 5.92 Å². The summed E-state index contributed by atoms with van der Waals surface area (Å²) >= 11 is 7.73. The molecule has 2 bridgehead atoms. The third-order valence-corrected chi connectivity index (χ3v) is 5.59. The number of fused-ring (bicyclic) bond motifs is 3. The summed E-state index contributed by atoms with van der Waals surface area (Å²) in [5.41, 5.74) is 0.419. The summed E-state index contributed by atoms with van der Waals surface area (Å²) in [5, 5.41) is 6.41. The number of nitrogens with one attached hydrogen (secondary N) is 1. The summed E-state index contributed by atoms with van der Waals surface area (Å²) in [5.74, 6) is 0.625. The zero-order valence-corrected chi connectivity index (χ0v) is 13.1. The van der Waals surface area contributed by atoms with Crippen LogP contribution in [-0.2, 0) is 0 Å². The van der Waals surface area contributed by atoms with E-state index < -0.39 is 0 Å². The number of rotatable bonds is 2. The van der Waals surface area contributed by atoms with Crippen LogP contribution >= 0.6 is 22.9 Å². The Balaban J connectivity index is 1.53. The van der Waals surface area contributed by atoms with Gasteiger partial charge in [0.1, 0.15) is 10.8 Å². The van der Waals surface area contributed by atoms with Crippen molar-refractivity contribution in [1.82, 2.24) is 15.2 Å². The van der Waals surface area contributed by atoms with Crippen molar-refractivity contribution in [3.8, 4) is 0 Å². The highest BCUT2D eigenvalue weighted by Gasteiger charge is 2.33. The maximum atomic E-state index is 12.4. The summed E-state index contributed by atoms with van der Waals surface area (Å²) in [6.45, 7) is 3.32. The smallest absolute Gasteiger partial charge is 0.270 e. The lowest BCUT2D eigenvalue weighted by Gasteiger charge is -2.30. The van der Waals surface area contributed by atoms with Gasteiger partial charge < -0.3 is 10.2 Å². The molecule has 4 rings (SSSR count). The molecular formula is C15H16ClN3OS. The van der Waals surface area contributed by atoms with Crippen LogP contribution in [0.2, 0.25) is 5.15 Å². The van der Waals surface area contributed by atoms with Crippen molar-refractivity contribution in [2.24, 2.45) is 5.92 Å². The molecule has 2 saturated heterocycles. The van der Waals surface area contributed by atoms with Crippen molar-refractivity contribution in [2.45, 2.75) is 18.9 Å². The summed E-state index contributed by atoms with van der Waals surface area (Å²) in [6.07, 6.45) is 2.34. The maximum Gasteiger partial charge on any atom is 0.270 e. The van der Waals surface area contributed by atoms with E-state index in [0.717, 1.165) is 29.0 Å². The Morgan fingerprint density at radius 3 is 3.24 bits per heavy atom. The molecule has 110 valence electrons. The van der Waals surface area contributed by atoms with Crippen LogP contribution in [0.5, 0.6) is 0 Å². The number of carbonyl (C=O) groups excluding carboxylic acids is 1. The van der Waals surface area contributed by atoms with Gasteiger partial charge in [0.05, 0.1) is 0 Å². The molecule has 0 radical (unpaired) electrons. The van der Waals surface area contributed by atoms with E-state index in [9.17, 15) is 4.79 Å². The van der Waals surface area contributed by atoms with E-state index >= 15 is 0 Å². The van der Waals surface area contributed by atoms with E-state index in [0.29, 0.717) is 10.8 Å². The summed E-state index contributed by atoms with van der Waals surface area (Å²) < 4.78 is 1.01. The van der Waals surface area contributed by atoms with Crippen molar-refractivity contribution >= 4 is 38.9 Å². The van der Waals surface area contributed by atoms with E-state index in [1.807, 2.05) is 17.5 Å². The van der Waals surface area contributed by atoms with Crippen molar-refractivity contribution in [2.75, 3.05) is 19.6 Å². The number of amides is 1. The standard InChI is InChI=1S/C15H16ClN3OS/c16-14-11-2-4-21-13(11)6-12(18-14)15(20)17-10-5-9-1-3-19(7-9)8-10/h2,4,6,9-10H,1,3,5,7-8H2,(H,17,20). The molecule has 0 spiro atoms. The van der Waals surface area contributed by atoms with Gasteiger partial charge in [0.15, 0.2) is 0 Å². The Hall–Kier alpha value is -1.17. The molecule has 2 aliphatic heterocycles. The van der Waals surface area contributed by atoms with E-state index in [1.54, 1.807) is 11.3 Å². The maximum absolute atomic E-state index is 12.4. The quantitative estimate of drug-likeness (QED) is 0.865. The fourth-order valence-electron chi connectivity index (χ4n) is 3.47. The topological polar surface area (TPSA) is 45.2 Å². The first-order valence-corrected chi connectivity index (χ1v) is 8.52. The van der Waals surface area contributed by atoms with Crippen LogP contribution in [0.15, 0.2) is 17.5 Å². The van der Waals surface area contributed by atoms with Gasteiger partial charge >= 0.3 is 0 Å². The van der Waals surface area contributed by atoms with E-state index in [2.05, 4.69) is 15.2 Å². The number of nitrogens with zero attached hydrogens (tertiary/aromatic N) is 2. The number of pyridine rings is 1. The minimum Gasteiger partial charge on any atom is -0.347 e. The molecule has 2 aliphatic rings. The molecule has 1 amide bonds. The van der Waals surface area contributed by atoms with Crippen LogP contribution in [0.3, 0.4) is 0 Å². The van der Waals surface area contributed by atoms with Gasteiger partial charge in [-0.15, -0.1) is 11.3 Å². The highest BCUT2D eigenvalue weighted by atomic mass is 35.5.